The summed E-state index contributed by atoms with van der Waals surface area (Å²) < 4.78 is 15.3. The Morgan fingerprint density at radius 1 is 1.78 bits per heavy atom. The molecule has 0 heterocycles. The third-order valence-electron chi connectivity index (χ3n) is 0.563. The van der Waals surface area contributed by atoms with Crippen molar-refractivity contribution in [3.8, 4) is 0 Å². The van der Waals surface area contributed by atoms with Crippen molar-refractivity contribution in [2.24, 2.45) is 0 Å². The van der Waals surface area contributed by atoms with Crippen LogP contribution in [-0.4, -0.2) is 12.5 Å². The van der Waals surface area contributed by atoms with E-state index in [2.05, 4.69) is 11.1 Å². The Hall–Kier alpha value is 0.510. The van der Waals surface area contributed by atoms with Crippen molar-refractivity contribution in [1.29, 1.82) is 0 Å². The van der Waals surface area contributed by atoms with Gasteiger partial charge in [-0.05, 0) is 11.2 Å². The molecule has 0 saturated heterocycles. The molecule has 0 fully saturated rings. The quantitative estimate of drug-likeness (QED) is 0.501. The molecule has 0 aromatic heterocycles. The second-order valence-electron chi connectivity index (χ2n) is 1.23. The van der Waals surface area contributed by atoms with Gasteiger partial charge in [-0.3, -0.25) is 4.57 Å². The maximum absolute atomic E-state index is 10.7. The Bertz CT molecular complexity index is 137. The molecule has 0 aromatic carbocycles. The molecule has 2 nitrogen and oxygen atoms in total. The molecule has 0 aliphatic heterocycles. The summed E-state index contributed by atoms with van der Waals surface area (Å²) in [5, 5.41) is 0. The second kappa shape index (κ2) is 4.35. The van der Waals surface area contributed by atoms with Gasteiger partial charge in [0.25, 0.3) is 0 Å². The van der Waals surface area contributed by atoms with Crippen LogP contribution in [0.3, 0.4) is 0 Å². The molecule has 0 aliphatic carbocycles. The van der Waals surface area contributed by atoms with Crippen LogP contribution in [0.25, 0.3) is 0 Å². The topological polar surface area (TPSA) is 26.3 Å². The van der Waals surface area contributed by atoms with Crippen molar-refractivity contribution in [2.75, 3.05) is 12.5 Å². The van der Waals surface area contributed by atoms with Gasteiger partial charge < -0.3 is 4.52 Å². The summed E-state index contributed by atoms with van der Waals surface area (Å²) in [6.07, 6.45) is 0. The normalized spacial score (nSPS) is 16.7. The SMILES string of the molecule is C=CP(=O)(Cl)OCCCl. The highest BCUT2D eigenvalue weighted by molar-refractivity contribution is 7.87. The van der Waals surface area contributed by atoms with Crippen molar-refractivity contribution in [1.82, 2.24) is 0 Å². The van der Waals surface area contributed by atoms with Gasteiger partial charge in [-0.1, -0.05) is 6.58 Å². The van der Waals surface area contributed by atoms with Crippen LogP contribution >= 0.6 is 29.6 Å². The van der Waals surface area contributed by atoms with E-state index in [1.165, 1.54) is 0 Å². The molecule has 0 bridgehead atoms. The summed E-state index contributed by atoms with van der Waals surface area (Å²) >= 11 is 10.5. The minimum atomic E-state index is -3.04. The monoisotopic (exact) mass is 188 g/mol. The van der Waals surface area contributed by atoms with Gasteiger partial charge in [0.05, 0.1) is 6.61 Å². The minimum absolute atomic E-state index is 0.189. The second-order valence-corrected chi connectivity index (χ2v) is 4.68. The summed E-state index contributed by atoms with van der Waals surface area (Å²) in [6, 6.07) is 0. The Labute approximate surface area is 64.0 Å². The zero-order valence-corrected chi connectivity index (χ0v) is 7.12. The molecular formula is C4H7Cl2O2P. The smallest absolute Gasteiger partial charge is 0.312 e. The molecule has 5 heteroatoms. The largest absolute Gasteiger partial charge is 0.313 e. The van der Waals surface area contributed by atoms with Gasteiger partial charge in [0, 0.05) is 11.7 Å². The fraction of sp³-hybridized carbons (Fsp3) is 0.500. The Morgan fingerprint density at radius 2 is 2.33 bits per heavy atom. The fourth-order valence-electron chi connectivity index (χ4n) is 0.212. The van der Waals surface area contributed by atoms with E-state index in [0.717, 1.165) is 5.82 Å². The van der Waals surface area contributed by atoms with E-state index in [4.69, 9.17) is 22.8 Å². The molecular weight excluding hydrogens is 182 g/mol. The summed E-state index contributed by atoms with van der Waals surface area (Å²) in [5.74, 6) is 1.37. The highest BCUT2D eigenvalue weighted by Crippen LogP contribution is 2.53. The van der Waals surface area contributed by atoms with Crippen LogP contribution in [-0.2, 0) is 9.09 Å². The lowest BCUT2D eigenvalue weighted by Gasteiger charge is -2.02. The fourth-order valence-corrected chi connectivity index (χ4v) is 1.05. The predicted octanol–water partition coefficient (Wildman–Crippen LogP) is 2.82. The molecule has 0 aromatic rings. The van der Waals surface area contributed by atoms with Crippen molar-refractivity contribution < 1.29 is 9.09 Å². The molecule has 0 saturated carbocycles. The first kappa shape index (κ1) is 9.51. The summed E-state index contributed by atoms with van der Waals surface area (Å²) in [6.45, 7) is 0.373. The third-order valence-corrected chi connectivity index (χ3v) is 2.39. The van der Waals surface area contributed by atoms with Crippen LogP contribution in [0.15, 0.2) is 12.4 Å². The summed E-state index contributed by atoms with van der Waals surface area (Å²) in [4.78, 5) is 0. The first-order valence-corrected chi connectivity index (χ1v) is 5.39. The van der Waals surface area contributed by atoms with E-state index >= 15 is 0 Å². The van der Waals surface area contributed by atoms with Gasteiger partial charge in [0.2, 0.25) is 0 Å². The maximum atomic E-state index is 10.7. The molecule has 54 valence electrons. The van der Waals surface area contributed by atoms with Crippen LogP contribution in [0.5, 0.6) is 0 Å². The first-order chi connectivity index (χ1) is 4.12. The van der Waals surface area contributed by atoms with Crippen LogP contribution in [0.4, 0.5) is 0 Å². The van der Waals surface area contributed by atoms with E-state index in [-0.39, 0.29) is 12.5 Å². The molecule has 0 amide bonds. The zero-order valence-electron chi connectivity index (χ0n) is 4.72. The van der Waals surface area contributed by atoms with Crippen molar-refractivity contribution in [2.45, 2.75) is 0 Å². The minimum Gasteiger partial charge on any atom is -0.313 e. The van der Waals surface area contributed by atoms with Gasteiger partial charge in [-0.2, -0.15) is 0 Å². The third kappa shape index (κ3) is 4.98. The molecule has 1 unspecified atom stereocenters. The van der Waals surface area contributed by atoms with Gasteiger partial charge in [-0.15, -0.1) is 11.6 Å². The zero-order chi connectivity index (χ0) is 7.33. The molecule has 9 heavy (non-hydrogen) atoms. The highest BCUT2D eigenvalue weighted by atomic mass is 35.7. The van der Waals surface area contributed by atoms with Crippen molar-refractivity contribution >= 4 is 29.6 Å². The molecule has 0 N–H and O–H groups in total. The average Bonchev–Trinajstić information content (AvgIpc) is 1.84. The number of rotatable bonds is 4. The Balaban J connectivity index is 3.59. The van der Waals surface area contributed by atoms with E-state index in [9.17, 15) is 4.57 Å². The van der Waals surface area contributed by atoms with E-state index in [0.29, 0.717) is 0 Å². The van der Waals surface area contributed by atoms with Gasteiger partial charge >= 0.3 is 6.72 Å². The lowest BCUT2D eigenvalue weighted by Crippen LogP contribution is -1.87. The van der Waals surface area contributed by atoms with E-state index in [1.807, 2.05) is 0 Å². The van der Waals surface area contributed by atoms with Crippen LogP contribution < -0.4 is 0 Å². The molecule has 0 rings (SSSR count). The van der Waals surface area contributed by atoms with Crippen LogP contribution in [0, 0.1) is 0 Å². The number of hydrogen-bond acceptors (Lipinski definition) is 2. The Morgan fingerprint density at radius 3 is 2.67 bits per heavy atom. The summed E-state index contributed by atoms with van der Waals surface area (Å²) in [5.41, 5.74) is 0. The lowest BCUT2D eigenvalue weighted by molar-refractivity contribution is 0.353. The van der Waals surface area contributed by atoms with Gasteiger partial charge in [-0.25, -0.2) is 0 Å². The average molecular weight is 189 g/mol. The standard InChI is InChI=1S/C4H7Cl2O2P/c1-2-9(6,7)8-4-3-5/h2H,1,3-4H2. The molecule has 0 spiro atoms. The van der Waals surface area contributed by atoms with Crippen LogP contribution in [0.2, 0.25) is 0 Å². The highest BCUT2D eigenvalue weighted by Gasteiger charge is 2.11. The van der Waals surface area contributed by atoms with Gasteiger partial charge in [0.15, 0.2) is 0 Å². The van der Waals surface area contributed by atoms with E-state index < -0.39 is 6.72 Å². The van der Waals surface area contributed by atoms with Crippen molar-refractivity contribution in [3.05, 3.63) is 12.4 Å². The molecule has 1 atom stereocenters. The first-order valence-electron chi connectivity index (χ1n) is 2.26. The number of alkyl halides is 1. The Kier molecular flexibility index (Phi) is 4.59. The van der Waals surface area contributed by atoms with Gasteiger partial charge in [0.1, 0.15) is 0 Å². The predicted molar refractivity (Wildman–Crippen MR) is 40.3 cm³/mol. The maximum Gasteiger partial charge on any atom is 0.312 e. The van der Waals surface area contributed by atoms with Crippen LogP contribution in [0.1, 0.15) is 0 Å². The van der Waals surface area contributed by atoms with E-state index in [1.54, 1.807) is 0 Å². The lowest BCUT2D eigenvalue weighted by atomic mass is 10.9. The van der Waals surface area contributed by atoms with Crippen molar-refractivity contribution in [3.63, 3.8) is 0 Å². The summed E-state index contributed by atoms with van der Waals surface area (Å²) in [7, 11) is 0. The molecule has 0 aliphatic rings. The number of hydrogen-bond donors (Lipinski definition) is 0. The number of halogens is 2. The molecule has 0 radical (unpaired) electrons.